The van der Waals surface area contributed by atoms with E-state index in [1.807, 2.05) is 0 Å². The van der Waals surface area contributed by atoms with Gasteiger partial charge in [-0.05, 0) is 104 Å². The molecule has 0 aromatic heterocycles. The second-order valence-electron chi connectivity index (χ2n) is 14.3. The van der Waals surface area contributed by atoms with Crippen molar-refractivity contribution >= 4 is 16.3 Å². The lowest BCUT2D eigenvalue weighted by Crippen LogP contribution is -2.62. The number of nitrogens with zero attached hydrogens (tertiary/aromatic N) is 1. The number of carbonyl (C=O) groups is 1. The minimum Gasteiger partial charge on any atom is -0.449 e. The van der Waals surface area contributed by atoms with Crippen molar-refractivity contribution in [3.63, 3.8) is 0 Å². The van der Waals surface area contributed by atoms with E-state index in [9.17, 15) is 32.2 Å². The SMILES string of the molecule is CC[C@H]1[C@@H](O)[C@@H]2[C@H](CC[C@]3(C)[C@@H]([C@H](C)CCOC(=O)NS(=O)(=O)N4CC(F)(F)C4)CC[C@@H]23)[C@@]2(C)CC[C@@H](O)C[C@@H]12. The molecule has 11 heteroatoms. The minimum absolute atomic E-state index is 0.0462. The fraction of sp³-hybridized carbons (Fsp3) is 0.966. The summed E-state index contributed by atoms with van der Waals surface area (Å²) < 4.78 is 57.6. The molecule has 5 aliphatic rings. The number of ether oxygens (including phenoxy) is 1. The largest absolute Gasteiger partial charge is 0.449 e. The average molecular weight is 591 g/mol. The van der Waals surface area contributed by atoms with Gasteiger partial charge >= 0.3 is 16.3 Å². The van der Waals surface area contributed by atoms with Crippen LogP contribution in [0.1, 0.15) is 85.5 Å². The summed E-state index contributed by atoms with van der Waals surface area (Å²) in [5, 5.41) is 22.3. The summed E-state index contributed by atoms with van der Waals surface area (Å²) in [5.74, 6) is -0.686. The molecule has 1 saturated heterocycles. The molecule has 1 amide bonds. The van der Waals surface area contributed by atoms with Crippen LogP contribution < -0.4 is 4.72 Å². The first-order chi connectivity index (χ1) is 18.6. The van der Waals surface area contributed by atoms with Gasteiger partial charge in [0, 0.05) is 0 Å². The Balaban J connectivity index is 1.20. The normalized spacial score (nSPS) is 45.4. The number of hydrogen-bond donors (Lipinski definition) is 3. The first-order valence-corrected chi connectivity index (χ1v) is 16.8. The predicted octanol–water partition coefficient (Wildman–Crippen LogP) is 4.56. The molecule has 40 heavy (non-hydrogen) atoms. The van der Waals surface area contributed by atoms with Gasteiger partial charge in [0.25, 0.3) is 5.92 Å². The number of nitrogens with one attached hydrogen (secondary N) is 1. The van der Waals surface area contributed by atoms with Crippen LogP contribution in [0.4, 0.5) is 13.6 Å². The molecule has 0 aromatic carbocycles. The third-order valence-electron chi connectivity index (χ3n) is 12.3. The number of amides is 1. The quantitative estimate of drug-likeness (QED) is 0.400. The molecule has 5 rings (SSSR count). The van der Waals surface area contributed by atoms with Gasteiger partial charge in [0.1, 0.15) is 0 Å². The highest BCUT2D eigenvalue weighted by atomic mass is 32.2. The van der Waals surface area contributed by atoms with E-state index in [4.69, 9.17) is 4.74 Å². The molecule has 0 unspecified atom stereocenters. The van der Waals surface area contributed by atoms with Gasteiger partial charge in [-0.3, -0.25) is 0 Å². The Morgan fingerprint density at radius 3 is 2.35 bits per heavy atom. The van der Waals surface area contributed by atoms with Crippen molar-refractivity contribution in [2.24, 2.45) is 52.3 Å². The van der Waals surface area contributed by atoms with Crippen molar-refractivity contribution in [2.75, 3.05) is 19.7 Å². The Kier molecular flexibility index (Phi) is 8.06. The highest BCUT2D eigenvalue weighted by Crippen LogP contribution is 2.69. The molecule has 0 aromatic rings. The Hall–Kier alpha value is -1.04. The van der Waals surface area contributed by atoms with Gasteiger partial charge in [0.15, 0.2) is 0 Å². The second-order valence-corrected chi connectivity index (χ2v) is 15.9. The number of rotatable bonds is 7. The van der Waals surface area contributed by atoms with Crippen LogP contribution in [0.2, 0.25) is 0 Å². The molecule has 1 aliphatic heterocycles. The molecule has 1 heterocycles. The van der Waals surface area contributed by atoms with Crippen LogP contribution in [0, 0.1) is 52.3 Å². The van der Waals surface area contributed by atoms with Crippen molar-refractivity contribution in [3.05, 3.63) is 0 Å². The van der Waals surface area contributed by atoms with Crippen molar-refractivity contribution in [1.29, 1.82) is 0 Å². The number of hydrogen-bond acceptors (Lipinski definition) is 6. The van der Waals surface area contributed by atoms with Gasteiger partial charge in [-0.1, -0.05) is 34.1 Å². The van der Waals surface area contributed by atoms with Crippen molar-refractivity contribution < 1.29 is 36.9 Å². The highest BCUT2D eigenvalue weighted by molar-refractivity contribution is 7.87. The average Bonchev–Trinajstić information content (AvgIpc) is 3.20. The fourth-order valence-electron chi connectivity index (χ4n) is 10.3. The van der Waals surface area contributed by atoms with Gasteiger partial charge < -0.3 is 14.9 Å². The summed E-state index contributed by atoms with van der Waals surface area (Å²) in [6.45, 7) is 7.33. The van der Waals surface area contributed by atoms with E-state index in [0.29, 0.717) is 34.4 Å². The summed E-state index contributed by atoms with van der Waals surface area (Å²) in [4.78, 5) is 12.1. The van der Waals surface area contributed by atoms with E-state index >= 15 is 0 Å². The topological polar surface area (TPSA) is 116 Å². The van der Waals surface area contributed by atoms with Crippen LogP contribution in [0.3, 0.4) is 0 Å². The lowest BCUT2D eigenvalue weighted by atomic mass is 9.41. The maximum absolute atomic E-state index is 13.0. The molecule has 4 aliphatic carbocycles. The Labute approximate surface area is 237 Å². The van der Waals surface area contributed by atoms with Crippen molar-refractivity contribution in [1.82, 2.24) is 9.03 Å². The molecule has 0 spiro atoms. The van der Waals surface area contributed by atoms with Crippen LogP contribution >= 0.6 is 0 Å². The number of alkyl halides is 2. The fourth-order valence-corrected chi connectivity index (χ4v) is 11.4. The Bertz CT molecular complexity index is 1070. The number of aliphatic hydroxyl groups excluding tert-OH is 2. The molecule has 8 nitrogen and oxygen atoms in total. The summed E-state index contributed by atoms with van der Waals surface area (Å²) in [6, 6.07) is 0. The third-order valence-corrected chi connectivity index (χ3v) is 13.7. The van der Waals surface area contributed by atoms with Crippen LogP contribution in [-0.4, -0.2) is 66.9 Å². The maximum atomic E-state index is 13.0. The van der Waals surface area contributed by atoms with Crippen molar-refractivity contribution in [2.45, 2.75) is 104 Å². The number of fused-ring (bicyclic) bond motifs is 5. The van der Waals surface area contributed by atoms with E-state index < -0.39 is 35.3 Å². The lowest BCUT2D eigenvalue weighted by Gasteiger charge is -2.64. The zero-order valence-corrected chi connectivity index (χ0v) is 25.1. The molecular weight excluding hydrogens is 542 g/mol. The molecule has 0 radical (unpaired) electrons. The molecule has 5 fully saturated rings. The van der Waals surface area contributed by atoms with Crippen LogP contribution in [-0.2, 0) is 14.9 Å². The monoisotopic (exact) mass is 590 g/mol. The molecule has 3 N–H and O–H groups in total. The number of carbonyl (C=O) groups excluding carboxylic acids is 1. The van der Waals surface area contributed by atoms with Crippen LogP contribution in [0.15, 0.2) is 0 Å². The zero-order valence-electron chi connectivity index (χ0n) is 24.3. The Morgan fingerprint density at radius 2 is 1.70 bits per heavy atom. The van der Waals surface area contributed by atoms with Crippen LogP contribution in [0.25, 0.3) is 0 Å². The summed E-state index contributed by atoms with van der Waals surface area (Å²) in [6.07, 6.45) is 6.75. The summed E-state index contributed by atoms with van der Waals surface area (Å²) in [7, 11) is -4.33. The molecule has 0 bridgehead atoms. The number of aliphatic hydroxyl groups is 2. The minimum atomic E-state index is -4.33. The van der Waals surface area contributed by atoms with Gasteiger partial charge in [-0.2, -0.15) is 12.7 Å². The third kappa shape index (κ3) is 5.08. The predicted molar refractivity (Wildman–Crippen MR) is 145 cm³/mol. The van der Waals surface area contributed by atoms with Gasteiger partial charge in [-0.25, -0.2) is 18.3 Å². The smallest absolute Gasteiger partial charge is 0.421 e. The molecule has 230 valence electrons. The standard InChI is InChI=1S/C29H48F2N2O6S/c1-5-19-23-14-18(34)8-11-28(23,4)22-9-12-27(3)20(6-7-21(27)24(22)25(19)35)17(2)10-13-39-26(36)32-40(37,38)33-15-29(30,31)16-33/h17-25,34-35H,5-16H2,1-4H3,(H,32,36)/t17-,18-,19-,20-,21+,22+,23+,24+,25-,27-,28-/m1/s1. The zero-order chi connectivity index (χ0) is 29.3. The van der Waals surface area contributed by atoms with E-state index in [2.05, 4.69) is 27.7 Å². The molecule has 4 saturated carbocycles. The highest BCUT2D eigenvalue weighted by Gasteiger charge is 2.64. The van der Waals surface area contributed by atoms with Crippen molar-refractivity contribution in [3.8, 4) is 0 Å². The summed E-state index contributed by atoms with van der Waals surface area (Å²) in [5.41, 5.74) is 0.230. The lowest BCUT2D eigenvalue weighted by molar-refractivity contribution is -0.203. The van der Waals surface area contributed by atoms with Gasteiger partial charge in [-0.15, -0.1) is 0 Å². The van der Waals surface area contributed by atoms with Crippen LogP contribution in [0.5, 0.6) is 0 Å². The van der Waals surface area contributed by atoms with E-state index in [1.165, 1.54) is 0 Å². The van der Waals surface area contributed by atoms with E-state index in [-0.39, 0.29) is 47.4 Å². The van der Waals surface area contributed by atoms with E-state index in [1.54, 1.807) is 4.72 Å². The first-order valence-electron chi connectivity index (χ1n) is 15.3. The summed E-state index contributed by atoms with van der Waals surface area (Å²) >= 11 is 0. The van der Waals surface area contributed by atoms with E-state index in [0.717, 1.165) is 51.4 Å². The molecular formula is C29H48F2N2O6S. The second kappa shape index (κ2) is 10.6. The van der Waals surface area contributed by atoms with Gasteiger partial charge in [0.2, 0.25) is 0 Å². The molecule has 11 atom stereocenters. The Morgan fingerprint density at radius 1 is 1.05 bits per heavy atom. The number of halogens is 2. The van der Waals surface area contributed by atoms with Gasteiger partial charge in [0.05, 0.1) is 31.9 Å². The first kappa shape index (κ1) is 30.4. The maximum Gasteiger partial charge on any atom is 0.421 e.